The normalized spacial score (nSPS) is 23.2. The third-order valence-electron chi connectivity index (χ3n) is 9.63. The highest BCUT2D eigenvalue weighted by molar-refractivity contribution is 5.99. The molecule has 1 aliphatic carbocycles. The number of fused-ring (bicyclic) bond motifs is 2. The predicted octanol–water partition coefficient (Wildman–Crippen LogP) is 5.80. The number of urea groups is 1. The van der Waals surface area contributed by atoms with Gasteiger partial charge in [-0.15, -0.1) is 0 Å². The minimum atomic E-state index is -0.448. The quantitative estimate of drug-likeness (QED) is 0.324. The van der Waals surface area contributed by atoms with Gasteiger partial charge in [-0.3, -0.25) is 9.69 Å². The van der Waals surface area contributed by atoms with Gasteiger partial charge in [-0.05, 0) is 88.9 Å². The number of hydrogen-bond acceptors (Lipinski definition) is 8. The second-order valence-electron chi connectivity index (χ2n) is 13.8. The maximum absolute atomic E-state index is 14.4. The molecular formula is C37H54N4O7. The van der Waals surface area contributed by atoms with E-state index in [1.54, 1.807) is 23.1 Å². The number of ether oxygens (including phenoxy) is 4. The molecule has 1 fully saturated rings. The molecule has 11 nitrogen and oxygen atoms in total. The van der Waals surface area contributed by atoms with Gasteiger partial charge in [0, 0.05) is 43.9 Å². The van der Waals surface area contributed by atoms with Crippen LogP contribution in [0, 0.1) is 5.92 Å². The SMILES string of the molecule is C[C@@H]1CN([C@H](C)CO)C(=O)c2cc(NC(=O)NC3CCCCC3)ccc2O[C@@H](C)CCCCO[C@H]1CN(C)Cc1ccc2c(c1)OCO2. The number of nitrogens with zero attached hydrogens (tertiary/aromatic N) is 2. The first-order chi connectivity index (χ1) is 23.2. The Bertz CT molecular complexity index is 1370. The third kappa shape index (κ3) is 9.76. The van der Waals surface area contributed by atoms with Crippen LogP contribution in [0.1, 0.15) is 88.1 Å². The summed E-state index contributed by atoms with van der Waals surface area (Å²) in [5, 5.41) is 16.3. The molecule has 0 unspecified atom stereocenters. The Morgan fingerprint density at radius 1 is 1.00 bits per heavy atom. The van der Waals surface area contributed by atoms with E-state index in [0.717, 1.165) is 62.0 Å². The van der Waals surface area contributed by atoms with E-state index in [1.807, 2.05) is 26.0 Å². The summed E-state index contributed by atoms with van der Waals surface area (Å²) in [6.45, 7) is 8.34. The number of aliphatic hydroxyl groups is 1. The van der Waals surface area contributed by atoms with E-state index in [-0.39, 0.29) is 49.5 Å². The molecule has 0 radical (unpaired) electrons. The van der Waals surface area contributed by atoms with Crippen molar-refractivity contribution in [2.75, 3.05) is 45.5 Å². The van der Waals surface area contributed by atoms with Gasteiger partial charge < -0.3 is 39.6 Å². The molecule has 2 aliphatic heterocycles. The van der Waals surface area contributed by atoms with Crippen LogP contribution in [-0.2, 0) is 11.3 Å². The molecule has 3 aliphatic rings. The van der Waals surface area contributed by atoms with Gasteiger partial charge in [0.05, 0.1) is 30.4 Å². The number of likely N-dealkylation sites (N-methyl/N-ethyl adjacent to an activating group) is 1. The number of amides is 3. The van der Waals surface area contributed by atoms with Crippen LogP contribution in [0.15, 0.2) is 36.4 Å². The predicted molar refractivity (Wildman–Crippen MR) is 185 cm³/mol. The van der Waals surface area contributed by atoms with Crippen LogP contribution in [0.3, 0.4) is 0 Å². The summed E-state index contributed by atoms with van der Waals surface area (Å²) in [5.41, 5.74) is 1.99. The molecular weight excluding hydrogens is 612 g/mol. The zero-order valence-electron chi connectivity index (χ0n) is 29.0. The molecule has 3 amide bonds. The van der Waals surface area contributed by atoms with Gasteiger partial charge >= 0.3 is 6.03 Å². The molecule has 2 heterocycles. The molecule has 48 heavy (non-hydrogen) atoms. The highest BCUT2D eigenvalue weighted by Crippen LogP contribution is 2.33. The minimum Gasteiger partial charge on any atom is -0.490 e. The first-order valence-electron chi connectivity index (χ1n) is 17.7. The number of benzene rings is 2. The number of carbonyl (C=O) groups is 2. The summed E-state index contributed by atoms with van der Waals surface area (Å²) in [4.78, 5) is 31.2. The lowest BCUT2D eigenvalue weighted by Crippen LogP contribution is -2.47. The van der Waals surface area contributed by atoms with Crippen molar-refractivity contribution >= 4 is 17.6 Å². The van der Waals surface area contributed by atoms with Gasteiger partial charge in [-0.25, -0.2) is 4.79 Å². The number of hydrogen-bond donors (Lipinski definition) is 3. The van der Waals surface area contributed by atoms with E-state index >= 15 is 0 Å². The number of nitrogens with one attached hydrogen (secondary N) is 2. The Hall–Kier alpha value is -3.54. The highest BCUT2D eigenvalue weighted by Gasteiger charge is 2.31. The lowest BCUT2D eigenvalue weighted by atomic mass is 9.96. The Kier molecular flexibility index (Phi) is 12.8. The van der Waals surface area contributed by atoms with Crippen molar-refractivity contribution in [1.29, 1.82) is 0 Å². The van der Waals surface area contributed by atoms with Gasteiger partial charge in [0.2, 0.25) is 6.79 Å². The molecule has 5 rings (SSSR count). The van der Waals surface area contributed by atoms with Crippen molar-refractivity contribution in [3.05, 3.63) is 47.5 Å². The van der Waals surface area contributed by atoms with E-state index < -0.39 is 6.04 Å². The monoisotopic (exact) mass is 666 g/mol. The molecule has 0 saturated heterocycles. The van der Waals surface area contributed by atoms with E-state index in [1.165, 1.54) is 6.42 Å². The fraction of sp³-hybridized carbons (Fsp3) is 0.622. The fourth-order valence-corrected chi connectivity index (χ4v) is 6.79. The highest BCUT2D eigenvalue weighted by atomic mass is 16.7. The van der Waals surface area contributed by atoms with Crippen LogP contribution in [0.4, 0.5) is 10.5 Å². The molecule has 1 saturated carbocycles. The average molecular weight is 667 g/mol. The molecule has 4 atom stereocenters. The minimum absolute atomic E-state index is 0.0454. The van der Waals surface area contributed by atoms with Crippen LogP contribution in [0.25, 0.3) is 0 Å². The number of aliphatic hydroxyl groups excluding tert-OH is 1. The maximum atomic E-state index is 14.4. The van der Waals surface area contributed by atoms with Gasteiger partial charge in [0.15, 0.2) is 11.5 Å². The Morgan fingerprint density at radius 3 is 2.54 bits per heavy atom. The zero-order valence-corrected chi connectivity index (χ0v) is 29.0. The Labute approximate surface area is 285 Å². The van der Waals surface area contributed by atoms with Crippen molar-refractivity contribution < 1.29 is 33.6 Å². The van der Waals surface area contributed by atoms with E-state index in [2.05, 4.69) is 35.6 Å². The second-order valence-corrected chi connectivity index (χ2v) is 13.8. The summed E-state index contributed by atoms with van der Waals surface area (Å²) in [6, 6.07) is 10.7. The third-order valence-corrected chi connectivity index (χ3v) is 9.63. The van der Waals surface area contributed by atoms with Crippen molar-refractivity contribution in [3.8, 4) is 17.2 Å². The van der Waals surface area contributed by atoms with Crippen LogP contribution in [0.2, 0.25) is 0 Å². The van der Waals surface area contributed by atoms with Crippen LogP contribution < -0.4 is 24.8 Å². The molecule has 3 N–H and O–H groups in total. The van der Waals surface area contributed by atoms with Crippen molar-refractivity contribution in [3.63, 3.8) is 0 Å². The molecule has 11 heteroatoms. The first-order valence-corrected chi connectivity index (χ1v) is 17.7. The van der Waals surface area contributed by atoms with Gasteiger partial charge in [-0.1, -0.05) is 32.3 Å². The molecule has 2 aromatic carbocycles. The van der Waals surface area contributed by atoms with Crippen molar-refractivity contribution in [1.82, 2.24) is 15.1 Å². The molecule has 264 valence electrons. The average Bonchev–Trinajstić information content (AvgIpc) is 3.54. The molecule has 0 bridgehead atoms. The van der Waals surface area contributed by atoms with Crippen LogP contribution in [-0.4, -0.2) is 91.3 Å². The van der Waals surface area contributed by atoms with Gasteiger partial charge in [-0.2, -0.15) is 0 Å². The largest absolute Gasteiger partial charge is 0.490 e. The topological polar surface area (TPSA) is 122 Å². The number of carbonyl (C=O) groups excluding carboxylic acids is 2. The van der Waals surface area contributed by atoms with E-state index in [4.69, 9.17) is 18.9 Å². The lowest BCUT2D eigenvalue weighted by Gasteiger charge is -2.36. The second kappa shape index (κ2) is 17.2. The summed E-state index contributed by atoms with van der Waals surface area (Å²) in [6.07, 6.45) is 7.74. The Balaban J connectivity index is 1.34. The zero-order chi connectivity index (χ0) is 34.0. The van der Waals surface area contributed by atoms with Crippen LogP contribution >= 0.6 is 0 Å². The summed E-state index contributed by atoms with van der Waals surface area (Å²) >= 11 is 0. The number of anilines is 1. The summed E-state index contributed by atoms with van der Waals surface area (Å²) in [5.74, 6) is 1.70. The maximum Gasteiger partial charge on any atom is 0.319 e. The molecule has 0 spiro atoms. The van der Waals surface area contributed by atoms with E-state index in [9.17, 15) is 14.7 Å². The fourth-order valence-electron chi connectivity index (χ4n) is 6.79. The lowest BCUT2D eigenvalue weighted by molar-refractivity contribution is -0.0177. The standard InChI is InChI=1S/C37H54N4O7/c1-25-20-41(26(2)23-42)36(43)31-19-30(39-37(44)38-29-11-6-5-7-12-29)14-16-32(31)48-27(3)10-8-9-17-45-35(25)22-40(4)21-28-13-15-33-34(18-28)47-24-46-33/h13-16,18-19,25-27,29,35,42H,5-12,17,20-24H2,1-4H3,(H2,38,39,44)/t25-,26-,27+,35+/m1/s1. The smallest absolute Gasteiger partial charge is 0.319 e. The van der Waals surface area contributed by atoms with E-state index in [0.29, 0.717) is 43.2 Å². The molecule has 0 aromatic heterocycles. The first kappa shape index (κ1) is 35.8. The molecule has 2 aromatic rings. The van der Waals surface area contributed by atoms with Crippen molar-refractivity contribution in [2.24, 2.45) is 5.92 Å². The summed E-state index contributed by atoms with van der Waals surface area (Å²) < 4.78 is 23.9. The Morgan fingerprint density at radius 2 is 1.75 bits per heavy atom. The summed E-state index contributed by atoms with van der Waals surface area (Å²) in [7, 11) is 2.07. The number of rotatable bonds is 8. The van der Waals surface area contributed by atoms with Crippen molar-refractivity contribution in [2.45, 2.75) is 103 Å². The van der Waals surface area contributed by atoms with Crippen LogP contribution in [0.5, 0.6) is 17.2 Å². The van der Waals surface area contributed by atoms with Gasteiger partial charge in [0.25, 0.3) is 5.91 Å². The van der Waals surface area contributed by atoms with Gasteiger partial charge in [0.1, 0.15) is 5.75 Å².